The first-order valence-electron chi connectivity index (χ1n) is 6.22. The van der Waals surface area contributed by atoms with Gasteiger partial charge in [0.05, 0.1) is 0 Å². The predicted octanol–water partition coefficient (Wildman–Crippen LogP) is 3.33. The Hall–Kier alpha value is -0.410. The Balaban J connectivity index is 2.21. The van der Waals surface area contributed by atoms with E-state index in [1.165, 1.54) is 22.8 Å². The molecule has 0 aliphatic carbocycles. The lowest BCUT2D eigenvalue weighted by atomic mass is 10.1. The topological polar surface area (TPSA) is 16.1 Å². The Morgan fingerprint density at radius 3 is 2.76 bits per heavy atom. The number of hydrogen-bond donors (Lipinski definition) is 0. The molecule has 0 atom stereocenters. The monoisotopic (exact) mass is 270 g/mol. The average Bonchev–Trinajstić information content (AvgIpc) is 2.40. The van der Waals surface area contributed by atoms with Crippen molar-refractivity contribution in [1.29, 1.82) is 0 Å². The second-order valence-electron chi connectivity index (χ2n) is 4.31. The molecule has 0 bridgehead atoms. The van der Waals surface area contributed by atoms with Crippen LogP contribution in [0.1, 0.15) is 24.6 Å². The third-order valence-corrected chi connectivity index (χ3v) is 4.17. The first kappa shape index (κ1) is 13.0. The second-order valence-corrected chi connectivity index (χ2v) is 5.80. The number of nitrogens with zero attached hydrogens (tertiary/aromatic N) is 2. The van der Waals surface area contributed by atoms with Gasteiger partial charge in [-0.1, -0.05) is 13.3 Å². The molecule has 1 aliphatic heterocycles. The van der Waals surface area contributed by atoms with Gasteiger partial charge >= 0.3 is 0 Å². The number of alkyl halides is 1. The molecule has 1 saturated heterocycles. The highest BCUT2D eigenvalue weighted by molar-refractivity contribution is 7.99. The van der Waals surface area contributed by atoms with Crippen molar-refractivity contribution in [2.75, 3.05) is 29.5 Å². The van der Waals surface area contributed by atoms with Gasteiger partial charge in [0.15, 0.2) is 0 Å². The number of aryl methyl sites for hydroxylation is 1. The van der Waals surface area contributed by atoms with E-state index in [9.17, 15) is 0 Å². The Morgan fingerprint density at radius 2 is 2.12 bits per heavy atom. The molecule has 0 unspecified atom stereocenters. The molecule has 0 saturated carbocycles. The lowest BCUT2D eigenvalue weighted by molar-refractivity contribution is 0.815. The fourth-order valence-corrected chi connectivity index (χ4v) is 3.11. The molecule has 4 heteroatoms. The van der Waals surface area contributed by atoms with Crippen molar-refractivity contribution in [2.24, 2.45) is 0 Å². The van der Waals surface area contributed by atoms with E-state index in [0.717, 1.165) is 31.7 Å². The van der Waals surface area contributed by atoms with Gasteiger partial charge in [-0.25, -0.2) is 4.98 Å². The van der Waals surface area contributed by atoms with Crippen molar-refractivity contribution in [3.63, 3.8) is 0 Å². The van der Waals surface area contributed by atoms with Gasteiger partial charge in [0, 0.05) is 36.2 Å². The highest BCUT2D eigenvalue weighted by Gasteiger charge is 2.13. The Bertz CT molecular complexity index is 364. The van der Waals surface area contributed by atoms with Crippen LogP contribution in [0.15, 0.2) is 12.1 Å². The minimum absolute atomic E-state index is 0.578. The maximum absolute atomic E-state index is 5.96. The fourth-order valence-electron chi connectivity index (χ4n) is 2.05. The van der Waals surface area contributed by atoms with Gasteiger partial charge in [-0.15, -0.1) is 11.6 Å². The molecular weight excluding hydrogens is 252 g/mol. The Morgan fingerprint density at radius 1 is 1.35 bits per heavy atom. The van der Waals surface area contributed by atoms with E-state index < -0.39 is 0 Å². The summed E-state index contributed by atoms with van der Waals surface area (Å²) in [7, 11) is 0. The molecule has 0 amide bonds. The van der Waals surface area contributed by atoms with Crippen LogP contribution in [-0.2, 0) is 12.3 Å². The van der Waals surface area contributed by atoms with Crippen molar-refractivity contribution in [3.8, 4) is 0 Å². The minimum atomic E-state index is 0.578. The van der Waals surface area contributed by atoms with Crippen LogP contribution < -0.4 is 4.90 Å². The van der Waals surface area contributed by atoms with Gasteiger partial charge < -0.3 is 4.90 Å². The number of hydrogen-bond acceptors (Lipinski definition) is 3. The summed E-state index contributed by atoms with van der Waals surface area (Å²) in [5, 5.41) is 0. The number of aromatic nitrogens is 1. The van der Waals surface area contributed by atoms with Crippen molar-refractivity contribution in [1.82, 2.24) is 4.98 Å². The van der Waals surface area contributed by atoms with Crippen molar-refractivity contribution in [2.45, 2.75) is 25.6 Å². The predicted molar refractivity (Wildman–Crippen MR) is 77.3 cm³/mol. The van der Waals surface area contributed by atoms with Crippen LogP contribution in [0.4, 0.5) is 5.82 Å². The molecule has 0 spiro atoms. The number of rotatable bonds is 4. The van der Waals surface area contributed by atoms with Crippen LogP contribution in [0, 0.1) is 0 Å². The largest absolute Gasteiger partial charge is 0.355 e. The molecule has 1 aliphatic rings. The van der Waals surface area contributed by atoms with Crippen LogP contribution in [0.25, 0.3) is 0 Å². The molecule has 1 fully saturated rings. The number of anilines is 1. The average molecular weight is 271 g/mol. The molecule has 2 nitrogen and oxygen atoms in total. The standard InChI is InChI=1S/C13H19ClN2S/c1-2-3-12-8-11(10-14)9-13(15-12)16-4-6-17-7-5-16/h8-9H,2-7,10H2,1H3. The highest BCUT2D eigenvalue weighted by atomic mass is 35.5. The van der Waals surface area contributed by atoms with E-state index >= 15 is 0 Å². The summed E-state index contributed by atoms with van der Waals surface area (Å²) in [5.41, 5.74) is 2.37. The summed E-state index contributed by atoms with van der Waals surface area (Å²) in [5.74, 6) is 4.10. The molecule has 1 aromatic heterocycles. The summed E-state index contributed by atoms with van der Waals surface area (Å²) in [6, 6.07) is 4.28. The molecule has 0 radical (unpaired) electrons. The molecule has 0 N–H and O–H groups in total. The van der Waals surface area contributed by atoms with Gasteiger partial charge in [0.25, 0.3) is 0 Å². The van der Waals surface area contributed by atoms with E-state index in [1.54, 1.807) is 0 Å². The maximum Gasteiger partial charge on any atom is 0.129 e. The summed E-state index contributed by atoms with van der Waals surface area (Å²) in [4.78, 5) is 7.13. The first-order valence-corrected chi connectivity index (χ1v) is 7.91. The molecular formula is C13H19ClN2S. The van der Waals surface area contributed by atoms with Gasteiger partial charge in [-0.2, -0.15) is 11.8 Å². The smallest absolute Gasteiger partial charge is 0.129 e. The number of halogens is 1. The van der Waals surface area contributed by atoms with E-state index in [1.807, 2.05) is 11.8 Å². The van der Waals surface area contributed by atoms with Crippen LogP contribution >= 0.6 is 23.4 Å². The Labute approximate surface area is 113 Å². The van der Waals surface area contributed by atoms with E-state index in [-0.39, 0.29) is 0 Å². The zero-order chi connectivity index (χ0) is 12.1. The fraction of sp³-hybridized carbons (Fsp3) is 0.615. The van der Waals surface area contributed by atoms with Crippen LogP contribution in [-0.4, -0.2) is 29.6 Å². The van der Waals surface area contributed by atoms with Gasteiger partial charge in [0.2, 0.25) is 0 Å². The summed E-state index contributed by atoms with van der Waals surface area (Å²) in [6.07, 6.45) is 2.17. The summed E-state index contributed by atoms with van der Waals surface area (Å²) in [6.45, 7) is 4.40. The van der Waals surface area contributed by atoms with Crippen LogP contribution in [0.3, 0.4) is 0 Å². The van der Waals surface area contributed by atoms with E-state index in [4.69, 9.17) is 16.6 Å². The number of pyridine rings is 1. The van der Waals surface area contributed by atoms with Gasteiger partial charge in [0.1, 0.15) is 5.82 Å². The molecule has 94 valence electrons. The zero-order valence-corrected chi connectivity index (χ0v) is 11.9. The minimum Gasteiger partial charge on any atom is -0.355 e. The molecule has 17 heavy (non-hydrogen) atoms. The summed E-state index contributed by atoms with van der Waals surface area (Å²) < 4.78 is 0. The SMILES string of the molecule is CCCc1cc(CCl)cc(N2CCSCC2)n1. The third-order valence-electron chi connectivity index (χ3n) is 2.92. The van der Waals surface area contributed by atoms with Crippen molar-refractivity contribution < 1.29 is 0 Å². The van der Waals surface area contributed by atoms with Gasteiger partial charge in [-0.3, -0.25) is 0 Å². The second kappa shape index (κ2) is 6.50. The Kier molecular flexibility index (Phi) is 4.99. The molecule has 0 aromatic carbocycles. The quantitative estimate of drug-likeness (QED) is 0.781. The molecule has 2 rings (SSSR count). The summed E-state index contributed by atoms with van der Waals surface area (Å²) >= 11 is 7.98. The third kappa shape index (κ3) is 3.52. The lowest BCUT2D eigenvalue weighted by Gasteiger charge is -2.28. The molecule has 1 aromatic rings. The van der Waals surface area contributed by atoms with Crippen LogP contribution in [0.2, 0.25) is 0 Å². The normalized spacial score (nSPS) is 16.2. The zero-order valence-electron chi connectivity index (χ0n) is 10.3. The lowest BCUT2D eigenvalue weighted by Crippen LogP contribution is -2.33. The first-order chi connectivity index (χ1) is 8.33. The van der Waals surface area contributed by atoms with E-state index in [2.05, 4.69) is 24.0 Å². The molecule has 2 heterocycles. The van der Waals surface area contributed by atoms with Gasteiger partial charge in [-0.05, 0) is 24.1 Å². The van der Waals surface area contributed by atoms with Crippen LogP contribution in [0.5, 0.6) is 0 Å². The maximum atomic E-state index is 5.96. The van der Waals surface area contributed by atoms with Crippen molar-refractivity contribution >= 4 is 29.2 Å². The van der Waals surface area contributed by atoms with E-state index in [0.29, 0.717) is 5.88 Å². The van der Waals surface area contributed by atoms with Crippen molar-refractivity contribution in [3.05, 3.63) is 23.4 Å². The highest BCUT2D eigenvalue weighted by Crippen LogP contribution is 2.21. The number of thioether (sulfide) groups is 1.